The van der Waals surface area contributed by atoms with Gasteiger partial charge in [-0.05, 0) is 30.3 Å². The normalized spacial score (nSPS) is 10.8. The number of rotatable bonds is 6. The lowest BCUT2D eigenvalue weighted by Gasteiger charge is -2.13. The van der Waals surface area contributed by atoms with E-state index >= 15 is 0 Å². The van der Waals surface area contributed by atoms with E-state index in [1.165, 1.54) is 12.1 Å². The molecule has 0 spiro atoms. The Morgan fingerprint density at radius 1 is 1.25 bits per heavy atom. The summed E-state index contributed by atoms with van der Waals surface area (Å²) in [7, 11) is 0. The van der Waals surface area contributed by atoms with Gasteiger partial charge in [-0.15, -0.1) is 0 Å². The van der Waals surface area contributed by atoms with Crippen LogP contribution >= 0.6 is 0 Å². The molecule has 0 aliphatic rings. The van der Waals surface area contributed by atoms with E-state index in [9.17, 15) is 4.39 Å². The van der Waals surface area contributed by atoms with Gasteiger partial charge in [-0.3, -0.25) is 4.98 Å². The largest absolute Gasteiger partial charge is 0.487 e. The first-order valence-electron chi connectivity index (χ1n) is 6.69. The fraction of sp³-hybridized carbons (Fsp3) is 0.312. The maximum absolute atomic E-state index is 13.3. The van der Waals surface area contributed by atoms with Crippen LogP contribution in [-0.2, 0) is 13.2 Å². The summed E-state index contributed by atoms with van der Waals surface area (Å²) in [4.78, 5) is 4.20. The van der Waals surface area contributed by atoms with Crippen LogP contribution < -0.4 is 10.1 Å². The predicted octanol–water partition coefficient (Wildman–Crippen LogP) is 3.30. The smallest absolute Gasteiger partial charge is 0.130 e. The zero-order valence-electron chi connectivity index (χ0n) is 11.8. The molecule has 3 nitrogen and oxygen atoms in total. The lowest BCUT2D eigenvalue weighted by atomic mass is 10.2. The molecule has 0 amide bonds. The summed E-state index contributed by atoms with van der Waals surface area (Å²) in [6, 6.07) is 10.6. The van der Waals surface area contributed by atoms with Gasteiger partial charge in [0.25, 0.3) is 0 Å². The topological polar surface area (TPSA) is 34.1 Å². The van der Waals surface area contributed by atoms with E-state index in [1.807, 2.05) is 32.0 Å². The summed E-state index contributed by atoms with van der Waals surface area (Å²) >= 11 is 0. The maximum Gasteiger partial charge on any atom is 0.130 e. The minimum absolute atomic E-state index is 0.254. The highest BCUT2D eigenvalue weighted by Gasteiger charge is 2.07. The van der Waals surface area contributed by atoms with Crippen LogP contribution in [0.3, 0.4) is 0 Å². The second-order valence-corrected chi connectivity index (χ2v) is 4.90. The highest BCUT2D eigenvalue weighted by molar-refractivity contribution is 5.34. The monoisotopic (exact) mass is 274 g/mol. The van der Waals surface area contributed by atoms with Crippen molar-refractivity contribution in [3.63, 3.8) is 0 Å². The van der Waals surface area contributed by atoms with Crippen molar-refractivity contribution in [1.29, 1.82) is 0 Å². The molecule has 4 heteroatoms. The lowest BCUT2D eigenvalue weighted by molar-refractivity contribution is 0.296. The molecule has 1 aromatic heterocycles. The molecule has 0 saturated carbocycles. The molecule has 0 bridgehead atoms. The number of benzene rings is 1. The van der Waals surface area contributed by atoms with E-state index in [0.29, 0.717) is 24.9 Å². The highest BCUT2D eigenvalue weighted by Crippen LogP contribution is 2.20. The molecule has 0 saturated heterocycles. The van der Waals surface area contributed by atoms with Crippen molar-refractivity contribution in [2.75, 3.05) is 0 Å². The van der Waals surface area contributed by atoms with Crippen molar-refractivity contribution < 1.29 is 9.13 Å². The van der Waals surface area contributed by atoms with Gasteiger partial charge < -0.3 is 10.1 Å². The van der Waals surface area contributed by atoms with Crippen molar-refractivity contribution in [3.8, 4) is 5.75 Å². The van der Waals surface area contributed by atoms with Crippen molar-refractivity contribution in [2.45, 2.75) is 33.0 Å². The van der Waals surface area contributed by atoms with Gasteiger partial charge in [-0.2, -0.15) is 0 Å². The van der Waals surface area contributed by atoms with Crippen LogP contribution in [0.2, 0.25) is 0 Å². The number of nitrogens with zero attached hydrogens (tertiary/aromatic N) is 1. The van der Waals surface area contributed by atoms with E-state index in [-0.39, 0.29) is 5.82 Å². The molecule has 0 fully saturated rings. The van der Waals surface area contributed by atoms with Gasteiger partial charge in [-0.25, -0.2) is 4.39 Å². The molecule has 1 aromatic carbocycles. The number of aromatic nitrogens is 1. The SMILES string of the molecule is CC(C)NCc1cc(F)ccc1OCc1ccccn1. The van der Waals surface area contributed by atoms with Crippen LogP contribution in [0.4, 0.5) is 4.39 Å². The molecule has 1 heterocycles. The number of hydrogen-bond donors (Lipinski definition) is 1. The Hall–Kier alpha value is -1.94. The first-order chi connectivity index (χ1) is 9.65. The Morgan fingerprint density at radius 3 is 2.80 bits per heavy atom. The molecule has 1 N–H and O–H groups in total. The molecule has 0 atom stereocenters. The first-order valence-corrected chi connectivity index (χ1v) is 6.69. The summed E-state index contributed by atoms with van der Waals surface area (Å²) in [6.07, 6.45) is 1.73. The quantitative estimate of drug-likeness (QED) is 0.877. The minimum Gasteiger partial charge on any atom is -0.487 e. The average molecular weight is 274 g/mol. The van der Waals surface area contributed by atoms with Crippen LogP contribution in [0.25, 0.3) is 0 Å². The summed E-state index contributed by atoms with van der Waals surface area (Å²) in [5.41, 5.74) is 1.66. The maximum atomic E-state index is 13.3. The van der Waals surface area contributed by atoms with Gasteiger partial charge >= 0.3 is 0 Å². The molecular weight excluding hydrogens is 255 g/mol. The lowest BCUT2D eigenvalue weighted by Crippen LogP contribution is -2.22. The zero-order chi connectivity index (χ0) is 14.4. The molecule has 2 aromatic rings. The van der Waals surface area contributed by atoms with Crippen LogP contribution in [0.5, 0.6) is 5.75 Å². The summed E-state index contributed by atoms with van der Waals surface area (Å²) < 4.78 is 19.1. The molecule has 2 rings (SSSR count). The third kappa shape index (κ3) is 4.31. The summed E-state index contributed by atoms with van der Waals surface area (Å²) in [5.74, 6) is 0.431. The summed E-state index contributed by atoms with van der Waals surface area (Å²) in [6.45, 7) is 5.05. The second kappa shape index (κ2) is 7.01. The van der Waals surface area contributed by atoms with Gasteiger partial charge in [-0.1, -0.05) is 19.9 Å². The van der Waals surface area contributed by atoms with Crippen LogP contribution in [-0.4, -0.2) is 11.0 Å². The van der Waals surface area contributed by atoms with Crippen LogP contribution in [0.15, 0.2) is 42.6 Å². The van der Waals surface area contributed by atoms with Crippen molar-refractivity contribution in [1.82, 2.24) is 10.3 Å². The second-order valence-electron chi connectivity index (χ2n) is 4.90. The van der Waals surface area contributed by atoms with Gasteiger partial charge in [0.05, 0.1) is 5.69 Å². The van der Waals surface area contributed by atoms with Crippen molar-refractivity contribution >= 4 is 0 Å². The molecule has 0 aliphatic heterocycles. The van der Waals surface area contributed by atoms with E-state index < -0.39 is 0 Å². The number of nitrogens with one attached hydrogen (secondary N) is 1. The highest BCUT2D eigenvalue weighted by atomic mass is 19.1. The number of pyridine rings is 1. The van der Waals surface area contributed by atoms with E-state index in [4.69, 9.17) is 4.74 Å². The number of hydrogen-bond acceptors (Lipinski definition) is 3. The average Bonchev–Trinajstić information content (AvgIpc) is 2.45. The van der Waals surface area contributed by atoms with Crippen LogP contribution in [0.1, 0.15) is 25.1 Å². The molecule has 20 heavy (non-hydrogen) atoms. The fourth-order valence-electron chi connectivity index (χ4n) is 1.78. The Kier molecular flexibility index (Phi) is 5.07. The Labute approximate surface area is 118 Å². The van der Waals surface area contributed by atoms with Crippen molar-refractivity contribution in [2.24, 2.45) is 0 Å². The number of halogens is 1. The summed E-state index contributed by atoms with van der Waals surface area (Å²) in [5, 5.41) is 3.27. The Balaban J connectivity index is 2.06. The van der Waals surface area contributed by atoms with E-state index in [0.717, 1.165) is 11.3 Å². The molecule has 0 unspecified atom stereocenters. The van der Waals surface area contributed by atoms with Gasteiger partial charge in [0, 0.05) is 24.3 Å². The number of ether oxygens (including phenoxy) is 1. The Morgan fingerprint density at radius 2 is 2.10 bits per heavy atom. The third-order valence-electron chi connectivity index (χ3n) is 2.82. The fourth-order valence-corrected chi connectivity index (χ4v) is 1.78. The minimum atomic E-state index is -0.254. The molecule has 0 aliphatic carbocycles. The molecular formula is C16H19FN2O. The third-order valence-corrected chi connectivity index (χ3v) is 2.82. The van der Waals surface area contributed by atoms with Crippen molar-refractivity contribution in [3.05, 3.63) is 59.7 Å². The van der Waals surface area contributed by atoms with Gasteiger partial charge in [0.1, 0.15) is 18.2 Å². The predicted molar refractivity (Wildman–Crippen MR) is 76.9 cm³/mol. The van der Waals surface area contributed by atoms with Crippen LogP contribution in [0, 0.1) is 5.82 Å². The van der Waals surface area contributed by atoms with E-state index in [2.05, 4.69) is 10.3 Å². The molecule has 106 valence electrons. The van der Waals surface area contributed by atoms with E-state index in [1.54, 1.807) is 12.3 Å². The molecule has 0 radical (unpaired) electrons. The Bertz CT molecular complexity index is 543. The van der Waals surface area contributed by atoms with Gasteiger partial charge in [0.15, 0.2) is 0 Å². The zero-order valence-corrected chi connectivity index (χ0v) is 11.8. The standard InChI is InChI=1S/C16H19FN2O/c1-12(2)19-10-13-9-14(17)6-7-16(13)20-11-15-5-3-4-8-18-15/h3-9,12,19H,10-11H2,1-2H3. The first kappa shape index (κ1) is 14.5. The van der Waals surface area contributed by atoms with Gasteiger partial charge in [0.2, 0.25) is 0 Å².